The highest BCUT2D eigenvalue weighted by Crippen LogP contribution is 2.29. The third-order valence-corrected chi connectivity index (χ3v) is 4.69. The van der Waals surface area contributed by atoms with Crippen LogP contribution in [0, 0.1) is 0 Å². The molecule has 22 heavy (non-hydrogen) atoms. The van der Waals surface area contributed by atoms with E-state index in [9.17, 15) is 4.79 Å². The molecule has 2 heterocycles. The minimum absolute atomic E-state index is 0.00973. The van der Waals surface area contributed by atoms with E-state index in [1.165, 1.54) is 11.8 Å². The highest BCUT2D eigenvalue weighted by atomic mass is 35.5. The van der Waals surface area contributed by atoms with Gasteiger partial charge >= 0.3 is 0 Å². The number of carbonyl (C=O) groups excluding carboxylic acids is 1. The minimum atomic E-state index is -0.00973. The Labute approximate surface area is 139 Å². The zero-order valence-electron chi connectivity index (χ0n) is 12.9. The van der Waals surface area contributed by atoms with Crippen LogP contribution >= 0.6 is 23.4 Å². The van der Waals surface area contributed by atoms with Gasteiger partial charge < -0.3 is 0 Å². The molecule has 0 aliphatic rings. The van der Waals surface area contributed by atoms with E-state index in [2.05, 4.69) is 17.0 Å². The Balaban J connectivity index is 2.27. The van der Waals surface area contributed by atoms with Crippen molar-refractivity contribution in [3.8, 4) is 5.69 Å². The Bertz CT molecular complexity index is 632. The molecule has 0 radical (unpaired) electrons. The predicted molar refractivity (Wildman–Crippen MR) is 92.1 cm³/mol. The first kappa shape index (κ1) is 16.8. The van der Waals surface area contributed by atoms with Crippen molar-refractivity contribution in [2.24, 2.45) is 0 Å². The largest absolute Gasteiger partial charge is 0.299 e. The fourth-order valence-electron chi connectivity index (χ4n) is 1.86. The second-order valence-electron chi connectivity index (χ2n) is 4.81. The Morgan fingerprint density at radius 1 is 1.50 bits per heavy atom. The second-order valence-corrected chi connectivity index (χ2v) is 6.56. The van der Waals surface area contributed by atoms with Crippen molar-refractivity contribution < 1.29 is 4.79 Å². The number of pyridine rings is 1. The number of hydrogen-bond acceptors (Lipinski definition) is 4. The zero-order chi connectivity index (χ0) is 16.1. The number of anilines is 1. The summed E-state index contributed by atoms with van der Waals surface area (Å²) >= 11 is 7.55. The SMILES string of the molecule is CCC(C)SC(=O)N(CC)c1cn(-c2cccnc2)nc1Cl. The number of halogens is 1. The van der Waals surface area contributed by atoms with Crippen molar-refractivity contribution in [1.29, 1.82) is 0 Å². The summed E-state index contributed by atoms with van der Waals surface area (Å²) in [5, 5.41) is 4.84. The van der Waals surface area contributed by atoms with E-state index in [4.69, 9.17) is 11.6 Å². The topological polar surface area (TPSA) is 51.0 Å². The third kappa shape index (κ3) is 3.81. The summed E-state index contributed by atoms with van der Waals surface area (Å²) in [6.07, 6.45) is 6.09. The van der Waals surface area contributed by atoms with Crippen molar-refractivity contribution in [1.82, 2.24) is 14.8 Å². The lowest BCUT2D eigenvalue weighted by molar-refractivity contribution is 0.265. The molecule has 2 aromatic heterocycles. The number of amides is 1. The van der Waals surface area contributed by atoms with E-state index in [0.717, 1.165) is 12.1 Å². The quantitative estimate of drug-likeness (QED) is 0.810. The molecule has 0 bridgehead atoms. The summed E-state index contributed by atoms with van der Waals surface area (Å²) < 4.78 is 1.63. The number of carbonyl (C=O) groups is 1. The lowest BCUT2D eigenvalue weighted by Crippen LogP contribution is -2.28. The summed E-state index contributed by atoms with van der Waals surface area (Å²) in [4.78, 5) is 18.1. The molecular formula is C15H19ClN4OS. The van der Waals surface area contributed by atoms with Crippen LogP contribution < -0.4 is 4.90 Å². The van der Waals surface area contributed by atoms with Crippen molar-refractivity contribution in [3.63, 3.8) is 0 Å². The van der Waals surface area contributed by atoms with Gasteiger partial charge in [-0.05, 0) is 25.5 Å². The molecule has 0 saturated heterocycles. The lowest BCUT2D eigenvalue weighted by atomic mass is 10.4. The van der Waals surface area contributed by atoms with Gasteiger partial charge in [-0.15, -0.1) is 0 Å². The average molecular weight is 339 g/mol. The van der Waals surface area contributed by atoms with Gasteiger partial charge in [-0.25, -0.2) is 4.68 Å². The highest BCUT2D eigenvalue weighted by Gasteiger charge is 2.22. The lowest BCUT2D eigenvalue weighted by Gasteiger charge is -2.20. The van der Waals surface area contributed by atoms with E-state index in [0.29, 0.717) is 17.4 Å². The highest BCUT2D eigenvalue weighted by molar-refractivity contribution is 8.14. The van der Waals surface area contributed by atoms with Crippen molar-refractivity contribution >= 4 is 34.3 Å². The van der Waals surface area contributed by atoms with E-state index >= 15 is 0 Å². The zero-order valence-corrected chi connectivity index (χ0v) is 14.4. The molecule has 0 aromatic carbocycles. The van der Waals surface area contributed by atoms with Crippen LogP contribution in [0.4, 0.5) is 10.5 Å². The van der Waals surface area contributed by atoms with Crippen LogP contribution in [0.1, 0.15) is 27.2 Å². The van der Waals surface area contributed by atoms with Crippen LogP contribution in [0.3, 0.4) is 0 Å². The Kier molecular flexibility index (Phi) is 5.85. The predicted octanol–water partition coefficient (Wildman–Crippen LogP) is 4.40. The number of nitrogens with zero attached hydrogens (tertiary/aromatic N) is 4. The summed E-state index contributed by atoms with van der Waals surface area (Å²) in [5.74, 6) is 0. The number of hydrogen-bond donors (Lipinski definition) is 0. The molecule has 1 atom stereocenters. The van der Waals surface area contributed by atoms with Gasteiger partial charge in [0.2, 0.25) is 0 Å². The molecule has 2 aromatic rings. The third-order valence-electron chi connectivity index (χ3n) is 3.27. The maximum atomic E-state index is 12.4. The first-order valence-corrected chi connectivity index (χ1v) is 8.46. The van der Waals surface area contributed by atoms with Gasteiger partial charge in [0.1, 0.15) is 5.69 Å². The fourth-order valence-corrected chi connectivity index (χ4v) is 2.96. The molecule has 1 amide bonds. The van der Waals surface area contributed by atoms with Crippen LogP contribution in [0.15, 0.2) is 30.7 Å². The molecule has 0 N–H and O–H groups in total. The molecule has 0 aliphatic carbocycles. The average Bonchev–Trinajstić information content (AvgIpc) is 2.91. The standard InChI is InChI=1S/C15H19ClN4OS/c1-4-11(3)22-15(21)19(5-2)13-10-20(18-14(13)16)12-7-6-8-17-9-12/h6-11H,4-5H2,1-3H3. The molecule has 7 heteroatoms. The van der Waals surface area contributed by atoms with Crippen molar-refractivity contribution in [2.45, 2.75) is 32.4 Å². The molecule has 0 aliphatic heterocycles. The Morgan fingerprint density at radius 3 is 2.86 bits per heavy atom. The van der Waals surface area contributed by atoms with Crippen molar-refractivity contribution in [3.05, 3.63) is 35.9 Å². The number of thioether (sulfide) groups is 1. The van der Waals surface area contributed by atoms with E-state index in [1.807, 2.05) is 26.0 Å². The smallest absolute Gasteiger partial charge is 0.286 e. The van der Waals surface area contributed by atoms with E-state index in [-0.39, 0.29) is 10.5 Å². The molecule has 0 fully saturated rings. The van der Waals surface area contributed by atoms with Crippen LogP contribution in [-0.4, -0.2) is 31.8 Å². The summed E-state index contributed by atoms with van der Waals surface area (Å²) in [6.45, 7) is 6.57. The molecular weight excluding hydrogens is 320 g/mol. The van der Waals surface area contributed by atoms with Crippen LogP contribution in [0.25, 0.3) is 5.69 Å². The van der Waals surface area contributed by atoms with Crippen LogP contribution in [0.5, 0.6) is 0 Å². The molecule has 1 unspecified atom stereocenters. The molecule has 118 valence electrons. The van der Waals surface area contributed by atoms with E-state index in [1.54, 1.807) is 28.2 Å². The maximum Gasteiger partial charge on any atom is 0.286 e. The fraction of sp³-hybridized carbons (Fsp3) is 0.400. The summed E-state index contributed by atoms with van der Waals surface area (Å²) in [7, 11) is 0. The van der Waals surface area contributed by atoms with Gasteiger partial charge in [0.15, 0.2) is 5.15 Å². The van der Waals surface area contributed by atoms with Gasteiger partial charge in [0.25, 0.3) is 5.24 Å². The monoisotopic (exact) mass is 338 g/mol. The molecule has 0 spiro atoms. The normalized spacial score (nSPS) is 12.2. The molecule has 0 saturated carbocycles. The number of aromatic nitrogens is 3. The first-order chi connectivity index (χ1) is 10.6. The van der Waals surface area contributed by atoms with Gasteiger partial charge in [-0.1, -0.05) is 37.2 Å². The van der Waals surface area contributed by atoms with Gasteiger partial charge in [-0.2, -0.15) is 5.10 Å². The van der Waals surface area contributed by atoms with E-state index < -0.39 is 0 Å². The van der Waals surface area contributed by atoms with Crippen molar-refractivity contribution in [2.75, 3.05) is 11.4 Å². The van der Waals surface area contributed by atoms with Gasteiger partial charge in [0, 0.05) is 18.0 Å². The molecule has 2 rings (SSSR count). The van der Waals surface area contributed by atoms with Gasteiger partial charge in [-0.3, -0.25) is 14.7 Å². The Morgan fingerprint density at radius 2 is 2.27 bits per heavy atom. The second kappa shape index (κ2) is 7.65. The molecule has 5 nitrogen and oxygen atoms in total. The first-order valence-electron chi connectivity index (χ1n) is 7.20. The van der Waals surface area contributed by atoms with Crippen LogP contribution in [0.2, 0.25) is 5.15 Å². The summed E-state index contributed by atoms with van der Waals surface area (Å²) in [6, 6.07) is 3.71. The minimum Gasteiger partial charge on any atom is -0.299 e. The van der Waals surface area contributed by atoms with Crippen LogP contribution in [-0.2, 0) is 0 Å². The van der Waals surface area contributed by atoms with Gasteiger partial charge in [0.05, 0.1) is 18.1 Å². The maximum absolute atomic E-state index is 12.4. The number of rotatable bonds is 5. The summed E-state index contributed by atoms with van der Waals surface area (Å²) in [5.41, 5.74) is 1.42. The Hall–Kier alpha value is -1.53.